The van der Waals surface area contributed by atoms with Gasteiger partial charge in [-0.1, -0.05) is 32.6 Å². The third-order valence-electron chi connectivity index (χ3n) is 4.25. The van der Waals surface area contributed by atoms with E-state index in [-0.39, 0.29) is 13.0 Å². The topological polar surface area (TPSA) is 254 Å². The Labute approximate surface area is 156 Å². The van der Waals surface area contributed by atoms with E-state index in [1.54, 1.807) is 0 Å². The fourth-order valence-corrected chi connectivity index (χ4v) is 2.97. The summed E-state index contributed by atoms with van der Waals surface area (Å²) >= 11 is 0. The molecule has 0 saturated heterocycles. The van der Waals surface area contributed by atoms with E-state index < -0.39 is 48.8 Å². The second-order valence-electron chi connectivity index (χ2n) is 5.90. The normalized spacial score (nSPS) is 36.8. The summed E-state index contributed by atoms with van der Waals surface area (Å²) in [5.41, 5.74) is 34.5. The number of aliphatic hydroxyl groups is 2. The maximum Gasteiger partial charge on any atom is 0.170 e. The lowest BCUT2D eigenvalue weighted by Gasteiger charge is -2.42. The zero-order valence-corrected chi connectivity index (χ0v) is 14.3. The van der Waals surface area contributed by atoms with Crippen LogP contribution < -0.4 is 0 Å². The first-order chi connectivity index (χ1) is 13.5. The van der Waals surface area contributed by atoms with Gasteiger partial charge in [0, 0.05) is 19.6 Å². The Hall–Kier alpha value is -3.18. The molecule has 0 unspecified atom stereocenters. The van der Waals surface area contributed by atoms with Crippen molar-refractivity contribution in [2.75, 3.05) is 6.54 Å². The molecule has 0 aromatic heterocycles. The zero-order chi connectivity index (χ0) is 20.5. The Kier molecular flexibility index (Phi) is 7.72. The van der Waals surface area contributed by atoms with Crippen molar-refractivity contribution in [1.29, 1.82) is 0 Å². The van der Waals surface area contributed by atoms with E-state index in [1.807, 2.05) is 0 Å². The van der Waals surface area contributed by atoms with E-state index in [1.165, 1.54) is 12.2 Å². The molecule has 1 aliphatic carbocycles. The Morgan fingerprint density at radius 1 is 0.929 bits per heavy atom. The molecule has 0 aromatic carbocycles. The summed E-state index contributed by atoms with van der Waals surface area (Å²) in [5.74, 6) is 0. The Morgan fingerprint density at radius 2 is 1.61 bits per heavy atom. The van der Waals surface area contributed by atoms with E-state index in [2.05, 4.69) is 40.1 Å². The molecule has 2 aliphatic rings. The number of hydrogen-bond donors (Lipinski definition) is 2. The number of ether oxygens (including phenoxy) is 2. The van der Waals surface area contributed by atoms with Gasteiger partial charge in [0.25, 0.3) is 0 Å². The standard InChI is InChI=1S/C12H16N12O4/c13-21-17-4-5-1-2-6(18-22-14)12(27-5)28-11-8(20-24-16)3-7(19-23-15)9(25)10(11)26/h1-2,5-12,25-26H,3-4H2/t5-,6+,7+,8-,9-,10+,11+,12+/m0/s1. The molecule has 0 radical (unpaired) electrons. The summed E-state index contributed by atoms with van der Waals surface area (Å²) in [6, 6.07) is -2.93. The zero-order valence-electron chi connectivity index (χ0n) is 14.3. The van der Waals surface area contributed by atoms with E-state index >= 15 is 0 Å². The molecular formula is C12H16N12O4. The van der Waals surface area contributed by atoms with Crippen LogP contribution in [0.4, 0.5) is 0 Å². The molecule has 1 heterocycles. The van der Waals surface area contributed by atoms with Crippen LogP contribution >= 0.6 is 0 Å². The minimum absolute atomic E-state index is 0.0512. The fourth-order valence-electron chi connectivity index (χ4n) is 2.97. The number of rotatable bonds is 7. The van der Waals surface area contributed by atoms with Crippen LogP contribution in [0.3, 0.4) is 0 Å². The van der Waals surface area contributed by atoms with E-state index in [0.717, 1.165) is 0 Å². The number of hydrogen-bond acceptors (Lipinski definition) is 8. The molecule has 0 aromatic rings. The van der Waals surface area contributed by atoms with Crippen LogP contribution in [0.15, 0.2) is 32.6 Å². The average Bonchev–Trinajstić information content (AvgIpc) is 2.69. The molecule has 1 aliphatic heterocycles. The maximum atomic E-state index is 10.4. The van der Waals surface area contributed by atoms with Gasteiger partial charge in [-0.3, -0.25) is 0 Å². The summed E-state index contributed by atoms with van der Waals surface area (Å²) in [5, 5.41) is 34.4. The van der Waals surface area contributed by atoms with Crippen LogP contribution in [0, 0.1) is 0 Å². The van der Waals surface area contributed by atoms with Gasteiger partial charge in [0.1, 0.15) is 12.1 Å². The molecule has 0 bridgehead atoms. The van der Waals surface area contributed by atoms with Gasteiger partial charge < -0.3 is 19.7 Å². The number of aliphatic hydroxyl groups excluding tert-OH is 2. The minimum Gasteiger partial charge on any atom is -0.390 e. The molecule has 1 fully saturated rings. The van der Waals surface area contributed by atoms with Crippen LogP contribution in [-0.4, -0.2) is 65.6 Å². The van der Waals surface area contributed by atoms with Crippen molar-refractivity contribution in [1.82, 2.24) is 0 Å². The first kappa shape index (κ1) is 21.1. The molecule has 8 atom stereocenters. The lowest BCUT2D eigenvalue weighted by molar-refractivity contribution is -0.233. The number of azide groups is 4. The molecule has 148 valence electrons. The van der Waals surface area contributed by atoms with Gasteiger partial charge in [-0.15, -0.1) is 0 Å². The van der Waals surface area contributed by atoms with Crippen molar-refractivity contribution in [2.24, 2.45) is 20.5 Å². The monoisotopic (exact) mass is 392 g/mol. The molecule has 16 nitrogen and oxygen atoms in total. The fraction of sp³-hybridized carbons (Fsp3) is 0.833. The third-order valence-corrected chi connectivity index (χ3v) is 4.25. The quantitative estimate of drug-likeness (QED) is 0.285. The Balaban J connectivity index is 2.25. The third kappa shape index (κ3) is 4.96. The highest BCUT2D eigenvalue weighted by atomic mass is 16.7. The average molecular weight is 392 g/mol. The Bertz CT molecular complexity index is 779. The van der Waals surface area contributed by atoms with Gasteiger partial charge in [-0.2, -0.15) is 0 Å². The van der Waals surface area contributed by atoms with Gasteiger partial charge in [0.15, 0.2) is 6.29 Å². The smallest absolute Gasteiger partial charge is 0.170 e. The highest BCUT2D eigenvalue weighted by Gasteiger charge is 2.45. The maximum absolute atomic E-state index is 10.4. The van der Waals surface area contributed by atoms with Crippen molar-refractivity contribution in [3.8, 4) is 0 Å². The Morgan fingerprint density at radius 3 is 2.25 bits per heavy atom. The molecule has 0 spiro atoms. The van der Waals surface area contributed by atoms with E-state index in [0.29, 0.717) is 0 Å². The summed E-state index contributed by atoms with van der Waals surface area (Å²) in [6.07, 6.45) is -3.22. The largest absolute Gasteiger partial charge is 0.390 e. The van der Waals surface area contributed by atoms with Crippen molar-refractivity contribution in [2.45, 2.75) is 55.3 Å². The van der Waals surface area contributed by atoms with Crippen molar-refractivity contribution in [3.05, 3.63) is 53.9 Å². The molecular weight excluding hydrogens is 376 g/mol. The molecule has 2 N–H and O–H groups in total. The van der Waals surface area contributed by atoms with Gasteiger partial charge in [-0.05, 0) is 28.5 Å². The second-order valence-corrected chi connectivity index (χ2v) is 5.90. The summed E-state index contributed by atoms with van der Waals surface area (Å²) in [4.78, 5) is 10.6. The van der Waals surface area contributed by atoms with Crippen LogP contribution in [0.1, 0.15) is 6.42 Å². The van der Waals surface area contributed by atoms with Gasteiger partial charge in [0.05, 0.1) is 36.9 Å². The number of nitrogens with zero attached hydrogens (tertiary/aromatic N) is 12. The first-order valence-electron chi connectivity index (χ1n) is 8.04. The molecule has 28 heavy (non-hydrogen) atoms. The van der Waals surface area contributed by atoms with Gasteiger partial charge >= 0.3 is 0 Å². The SMILES string of the molecule is [N-]=[N+]=NC[C@@H]1C=C[C@@H](N=[N+]=[N-])[C@@H](O[C@H]2[C@H](O)[C@@H](O)[C@H](N=[N+]=[N-])C[C@@H]2N=[N+]=[N-])O1. The highest BCUT2D eigenvalue weighted by molar-refractivity contribution is 5.06. The van der Waals surface area contributed by atoms with Crippen LogP contribution in [0.2, 0.25) is 0 Å². The minimum atomic E-state index is -1.57. The molecule has 1 saturated carbocycles. The second kappa shape index (κ2) is 10.2. The first-order valence-corrected chi connectivity index (χ1v) is 8.04. The van der Waals surface area contributed by atoms with E-state index in [9.17, 15) is 10.2 Å². The molecule has 0 amide bonds. The summed E-state index contributed by atoms with van der Waals surface area (Å²) < 4.78 is 11.3. The predicted molar refractivity (Wildman–Crippen MR) is 92.1 cm³/mol. The van der Waals surface area contributed by atoms with Crippen molar-refractivity contribution in [3.63, 3.8) is 0 Å². The van der Waals surface area contributed by atoms with Gasteiger partial charge in [-0.25, -0.2) is 0 Å². The van der Waals surface area contributed by atoms with Crippen molar-refractivity contribution >= 4 is 0 Å². The highest BCUT2D eigenvalue weighted by Crippen LogP contribution is 2.31. The lowest BCUT2D eigenvalue weighted by Crippen LogP contribution is -2.57. The van der Waals surface area contributed by atoms with Crippen LogP contribution in [0.25, 0.3) is 41.8 Å². The molecule has 2 rings (SSSR count). The lowest BCUT2D eigenvalue weighted by atomic mass is 9.84. The summed E-state index contributed by atoms with van der Waals surface area (Å²) in [6.45, 7) is -0.0512. The van der Waals surface area contributed by atoms with Gasteiger partial charge in [0.2, 0.25) is 0 Å². The van der Waals surface area contributed by atoms with E-state index in [4.69, 9.17) is 31.6 Å². The van der Waals surface area contributed by atoms with Crippen LogP contribution in [-0.2, 0) is 9.47 Å². The van der Waals surface area contributed by atoms with Crippen molar-refractivity contribution < 1.29 is 19.7 Å². The molecule has 16 heteroatoms. The van der Waals surface area contributed by atoms with Crippen LogP contribution in [0.5, 0.6) is 0 Å². The summed E-state index contributed by atoms with van der Waals surface area (Å²) in [7, 11) is 0. The predicted octanol–water partition coefficient (Wildman–Crippen LogP) is 2.13.